The van der Waals surface area contributed by atoms with Gasteiger partial charge in [-0.1, -0.05) is 18.2 Å². The summed E-state index contributed by atoms with van der Waals surface area (Å²) < 4.78 is 53.3. The van der Waals surface area contributed by atoms with Crippen LogP contribution in [-0.4, -0.2) is 5.78 Å². The van der Waals surface area contributed by atoms with Gasteiger partial charge in [0.1, 0.15) is 11.6 Å². The SMILES string of the molecule is N#CC1=C(N)N(c2cccc(C(F)(F)F)c2)C2=C(C(=O)CCC2)[C@@H]1c1ccc(F)cc1. The van der Waals surface area contributed by atoms with E-state index in [-0.39, 0.29) is 29.3 Å². The van der Waals surface area contributed by atoms with E-state index in [4.69, 9.17) is 5.73 Å². The van der Waals surface area contributed by atoms with Crippen LogP contribution in [0, 0.1) is 17.1 Å². The summed E-state index contributed by atoms with van der Waals surface area (Å²) in [6, 6.07) is 12.1. The van der Waals surface area contributed by atoms with Crippen LogP contribution < -0.4 is 10.6 Å². The monoisotopic (exact) mass is 427 g/mol. The average Bonchev–Trinajstić information content (AvgIpc) is 2.73. The Kier molecular flexibility index (Phi) is 5.05. The number of ketones is 1. The van der Waals surface area contributed by atoms with Crippen molar-refractivity contribution >= 4 is 11.5 Å². The molecule has 4 nitrogen and oxygen atoms in total. The molecular formula is C23H17F4N3O. The molecule has 0 saturated carbocycles. The van der Waals surface area contributed by atoms with Gasteiger partial charge in [-0.15, -0.1) is 0 Å². The first-order chi connectivity index (χ1) is 14.7. The van der Waals surface area contributed by atoms with Crippen LogP contribution in [0.2, 0.25) is 0 Å². The Morgan fingerprint density at radius 2 is 1.81 bits per heavy atom. The molecule has 0 saturated heterocycles. The molecule has 1 aliphatic carbocycles. The van der Waals surface area contributed by atoms with E-state index in [0.717, 1.165) is 12.1 Å². The smallest absolute Gasteiger partial charge is 0.384 e. The Hall–Kier alpha value is -3.60. The highest BCUT2D eigenvalue weighted by Gasteiger charge is 2.41. The molecule has 1 heterocycles. The van der Waals surface area contributed by atoms with Crippen LogP contribution in [0.4, 0.5) is 23.2 Å². The van der Waals surface area contributed by atoms with Crippen LogP contribution in [0.25, 0.3) is 0 Å². The molecule has 0 amide bonds. The van der Waals surface area contributed by atoms with E-state index < -0.39 is 23.5 Å². The molecule has 2 aromatic carbocycles. The van der Waals surface area contributed by atoms with E-state index in [1.54, 1.807) is 0 Å². The summed E-state index contributed by atoms with van der Waals surface area (Å²) in [5.41, 5.74) is 6.94. The lowest BCUT2D eigenvalue weighted by Gasteiger charge is -2.39. The molecule has 4 rings (SSSR count). The van der Waals surface area contributed by atoms with Crippen LogP contribution in [-0.2, 0) is 11.0 Å². The first-order valence-electron chi connectivity index (χ1n) is 9.61. The molecule has 2 aromatic rings. The molecule has 0 unspecified atom stereocenters. The van der Waals surface area contributed by atoms with E-state index in [1.807, 2.05) is 6.07 Å². The lowest BCUT2D eigenvalue weighted by molar-refractivity contribution is -0.137. The number of benzene rings is 2. The number of carbonyl (C=O) groups excluding carboxylic acids is 1. The highest BCUT2D eigenvalue weighted by atomic mass is 19.4. The summed E-state index contributed by atoms with van der Waals surface area (Å²) in [6.45, 7) is 0. The van der Waals surface area contributed by atoms with E-state index >= 15 is 0 Å². The number of nitrogens with two attached hydrogens (primary N) is 1. The lowest BCUT2D eigenvalue weighted by atomic mass is 9.75. The van der Waals surface area contributed by atoms with Crippen molar-refractivity contribution in [1.29, 1.82) is 5.26 Å². The number of Topliss-reactive ketones (excluding diaryl/α,β-unsaturated/α-hetero) is 1. The number of hydrogen-bond donors (Lipinski definition) is 1. The highest BCUT2D eigenvalue weighted by Crippen LogP contribution is 2.46. The van der Waals surface area contributed by atoms with Crippen molar-refractivity contribution < 1.29 is 22.4 Å². The third kappa shape index (κ3) is 3.56. The molecule has 2 aliphatic rings. The Bertz CT molecular complexity index is 1160. The largest absolute Gasteiger partial charge is 0.416 e. The molecule has 8 heteroatoms. The van der Waals surface area contributed by atoms with E-state index in [1.165, 1.54) is 41.3 Å². The predicted molar refractivity (Wildman–Crippen MR) is 106 cm³/mol. The van der Waals surface area contributed by atoms with Crippen molar-refractivity contribution in [2.75, 3.05) is 4.90 Å². The van der Waals surface area contributed by atoms with E-state index in [2.05, 4.69) is 0 Å². The molecule has 2 N–H and O–H groups in total. The summed E-state index contributed by atoms with van der Waals surface area (Å²) in [4.78, 5) is 14.3. The van der Waals surface area contributed by atoms with Gasteiger partial charge in [-0.2, -0.15) is 18.4 Å². The van der Waals surface area contributed by atoms with E-state index in [0.29, 0.717) is 29.7 Å². The van der Waals surface area contributed by atoms with Crippen LogP contribution in [0.5, 0.6) is 0 Å². The molecule has 0 radical (unpaired) electrons. The van der Waals surface area contributed by atoms with Gasteiger partial charge in [0.15, 0.2) is 5.78 Å². The zero-order valence-electron chi connectivity index (χ0n) is 16.2. The fourth-order valence-corrected chi connectivity index (χ4v) is 4.19. The summed E-state index contributed by atoms with van der Waals surface area (Å²) in [6.07, 6.45) is -3.38. The van der Waals surface area contributed by atoms with Crippen molar-refractivity contribution in [3.63, 3.8) is 0 Å². The zero-order chi connectivity index (χ0) is 22.3. The summed E-state index contributed by atoms with van der Waals surface area (Å²) >= 11 is 0. The third-order valence-corrected chi connectivity index (χ3v) is 5.55. The summed E-state index contributed by atoms with van der Waals surface area (Å²) in [7, 11) is 0. The van der Waals surface area contributed by atoms with Crippen LogP contribution >= 0.6 is 0 Å². The molecule has 158 valence electrons. The molecule has 0 aromatic heterocycles. The first kappa shape index (κ1) is 20.7. The average molecular weight is 427 g/mol. The molecule has 1 aliphatic heterocycles. The number of allylic oxidation sites excluding steroid dienone is 3. The third-order valence-electron chi connectivity index (χ3n) is 5.55. The second-order valence-corrected chi connectivity index (χ2v) is 7.42. The zero-order valence-corrected chi connectivity index (χ0v) is 16.2. The summed E-state index contributed by atoms with van der Waals surface area (Å²) in [5.74, 6) is -1.50. The van der Waals surface area contributed by atoms with Gasteiger partial charge in [0, 0.05) is 23.4 Å². The van der Waals surface area contributed by atoms with Crippen molar-refractivity contribution in [3.8, 4) is 6.07 Å². The maximum absolute atomic E-state index is 13.5. The number of nitriles is 1. The van der Waals surface area contributed by atoms with Gasteiger partial charge in [0.25, 0.3) is 0 Å². The maximum atomic E-state index is 13.5. The van der Waals surface area contributed by atoms with Crippen LogP contribution in [0.3, 0.4) is 0 Å². The molecule has 31 heavy (non-hydrogen) atoms. The molecule has 0 spiro atoms. The number of carbonyl (C=O) groups is 1. The maximum Gasteiger partial charge on any atom is 0.416 e. The molecule has 1 atom stereocenters. The van der Waals surface area contributed by atoms with Gasteiger partial charge in [0.2, 0.25) is 0 Å². The standard InChI is InChI=1S/C23H17F4N3O/c24-15-9-7-13(8-10-15)20-17(12-28)22(29)30(18-5-2-6-19(31)21(18)20)16-4-1-3-14(11-16)23(25,26)27/h1,3-4,7-11,20H,2,5-6,29H2/t20-/m1/s1. The Balaban J connectivity index is 1.94. The quantitative estimate of drug-likeness (QED) is 0.673. The topological polar surface area (TPSA) is 70.1 Å². The van der Waals surface area contributed by atoms with Crippen molar-refractivity contribution in [2.45, 2.75) is 31.4 Å². The normalized spacial score (nSPS) is 19.4. The Morgan fingerprint density at radius 3 is 2.45 bits per heavy atom. The van der Waals surface area contributed by atoms with Crippen molar-refractivity contribution in [1.82, 2.24) is 0 Å². The number of alkyl halides is 3. The fraction of sp³-hybridized carbons (Fsp3) is 0.217. The highest BCUT2D eigenvalue weighted by molar-refractivity contribution is 6.01. The van der Waals surface area contributed by atoms with Gasteiger partial charge >= 0.3 is 6.18 Å². The molecule has 0 fully saturated rings. The molecular weight excluding hydrogens is 410 g/mol. The Morgan fingerprint density at radius 1 is 1.10 bits per heavy atom. The number of rotatable bonds is 2. The van der Waals surface area contributed by atoms with Crippen molar-refractivity contribution in [2.24, 2.45) is 5.73 Å². The predicted octanol–water partition coefficient (Wildman–Crippen LogP) is 5.15. The minimum absolute atomic E-state index is 0.0374. The van der Waals surface area contributed by atoms with Crippen molar-refractivity contribution in [3.05, 3.63) is 88.1 Å². The number of nitrogens with zero attached hydrogens (tertiary/aromatic N) is 2. The lowest BCUT2D eigenvalue weighted by Crippen LogP contribution is -2.38. The van der Waals surface area contributed by atoms with Crippen LogP contribution in [0.1, 0.15) is 36.3 Å². The first-order valence-corrected chi connectivity index (χ1v) is 9.61. The second-order valence-electron chi connectivity index (χ2n) is 7.42. The number of hydrogen-bond acceptors (Lipinski definition) is 4. The second kappa shape index (κ2) is 7.58. The van der Waals surface area contributed by atoms with Gasteiger partial charge < -0.3 is 5.73 Å². The number of anilines is 1. The minimum Gasteiger partial charge on any atom is -0.384 e. The fourth-order valence-electron chi connectivity index (χ4n) is 4.19. The van der Waals surface area contributed by atoms with Gasteiger partial charge in [-0.05, 0) is 48.7 Å². The van der Waals surface area contributed by atoms with Gasteiger partial charge in [0.05, 0.1) is 23.1 Å². The van der Waals surface area contributed by atoms with E-state index in [9.17, 15) is 27.6 Å². The minimum atomic E-state index is -4.56. The van der Waals surface area contributed by atoms with Gasteiger partial charge in [-0.25, -0.2) is 4.39 Å². The summed E-state index contributed by atoms with van der Waals surface area (Å²) in [5, 5.41) is 9.87. The molecule has 0 bridgehead atoms. The van der Waals surface area contributed by atoms with Gasteiger partial charge in [-0.3, -0.25) is 9.69 Å². The number of halogens is 4. The van der Waals surface area contributed by atoms with Crippen LogP contribution in [0.15, 0.2) is 71.2 Å². The Labute approximate surface area is 175 Å².